The molecule has 20 heavy (non-hydrogen) atoms. The lowest BCUT2D eigenvalue weighted by Gasteiger charge is -2.37. The van der Waals surface area contributed by atoms with Crippen molar-refractivity contribution in [2.24, 2.45) is 5.73 Å². The van der Waals surface area contributed by atoms with Crippen LogP contribution in [0.3, 0.4) is 0 Å². The third-order valence-electron chi connectivity index (χ3n) is 3.60. The van der Waals surface area contributed by atoms with Crippen molar-refractivity contribution in [1.29, 1.82) is 0 Å². The van der Waals surface area contributed by atoms with Crippen LogP contribution in [0.1, 0.15) is 11.6 Å². The quantitative estimate of drug-likeness (QED) is 0.510. The minimum Gasteiger partial charge on any atom is -0.392 e. The van der Waals surface area contributed by atoms with Crippen molar-refractivity contribution in [3.63, 3.8) is 0 Å². The lowest BCUT2D eigenvalue weighted by molar-refractivity contribution is -0.385. The summed E-state index contributed by atoms with van der Waals surface area (Å²) < 4.78 is 0. The molecule has 1 heterocycles. The van der Waals surface area contributed by atoms with Gasteiger partial charge in [-0.3, -0.25) is 15.0 Å². The molecule has 1 fully saturated rings. The van der Waals surface area contributed by atoms with Crippen molar-refractivity contribution < 1.29 is 4.92 Å². The van der Waals surface area contributed by atoms with E-state index in [1.54, 1.807) is 18.2 Å². The molecule has 0 aromatic heterocycles. The van der Waals surface area contributed by atoms with Crippen molar-refractivity contribution in [3.8, 4) is 0 Å². The maximum Gasteiger partial charge on any atom is 0.274 e. The largest absolute Gasteiger partial charge is 0.392 e. The van der Waals surface area contributed by atoms with Crippen LogP contribution in [0, 0.1) is 10.1 Å². The fourth-order valence-corrected chi connectivity index (χ4v) is 2.77. The van der Waals surface area contributed by atoms with Gasteiger partial charge >= 0.3 is 0 Å². The first-order valence-electron chi connectivity index (χ1n) is 6.46. The number of piperazine rings is 1. The molecule has 2 N–H and O–H groups in total. The number of benzene rings is 1. The van der Waals surface area contributed by atoms with E-state index in [1.165, 1.54) is 6.07 Å². The van der Waals surface area contributed by atoms with Gasteiger partial charge in [0, 0.05) is 32.2 Å². The zero-order valence-electron chi connectivity index (χ0n) is 11.4. The minimum atomic E-state index is -0.378. The molecule has 6 nitrogen and oxygen atoms in total. The molecule has 1 atom stereocenters. The van der Waals surface area contributed by atoms with Gasteiger partial charge in [-0.05, 0) is 7.05 Å². The number of nitro benzene ring substituents is 1. The van der Waals surface area contributed by atoms with Crippen LogP contribution in [0.5, 0.6) is 0 Å². The monoisotopic (exact) mass is 294 g/mol. The smallest absolute Gasteiger partial charge is 0.274 e. The number of thiocarbonyl (C=S) groups is 1. The van der Waals surface area contributed by atoms with E-state index in [-0.39, 0.29) is 21.6 Å². The molecule has 1 aliphatic heterocycles. The molecule has 2 rings (SSSR count). The molecule has 1 aromatic rings. The van der Waals surface area contributed by atoms with Crippen LogP contribution in [-0.4, -0.2) is 52.9 Å². The highest BCUT2D eigenvalue weighted by atomic mass is 32.1. The number of hydrogen-bond acceptors (Lipinski definition) is 5. The van der Waals surface area contributed by atoms with Crippen LogP contribution >= 0.6 is 12.2 Å². The molecule has 1 unspecified atom stereocenters. The molecule has 1 aromatic carbocycles. The van der Waals surface area contributed by atoms with Crippen molar-refractivity contribution in [2.45, 2.75) is 6.04 Å². The van der Waals surface area contributed by atoms with Crippen LogP contribution in [0.15, 0.2) is 24.3 Å². The van der Waals surface area contributed by atoms with Crippen LogP contribution < -0.4 is 5.73 Å². The van der Waals surface area contributed by atoms with Gasteiger partial charge in [-0.15, -0.1) is 0 Å². The molecule has 0 bridgehead atoms. The second kappa shape index (κ2) is 6.25. The molecular weight excluding hydrogens is 276 g/mol. The standard InChI is InChI=1S/C13H18N4O2S/c1-15-6-8-16(9-7-15)12(13(14)20)10-4-2-3-5-11(10)17(18)19/h2-5,12H,6-9H2,1H3,(H2,14,20). The predicted octanol–water partition coefficient (Wildman–Crippen LogP) is 1.17. The molecule has 0 radical (unpaired) electrons. The van der Waals surface area contributed by atoms with Crippen LogP contribution in [-0.2, 0) is 0 Å². The summed E-state index contributed by atoms with van der Waals surface area (Å²) in [7, 11) is 2.05. The summed E-state index contributed by atoms with van der Waals surface area (Å²) in [6.07, 6.45) is 0. The van der Waals surface area contributed by atoms with Gasteiger partial charge in [0.1, 0.15) is 0 Å². The Morgan fingerprint density at radius 2 is 1.95 bits per heavy atom. The lowest BCUT2D eigenvalue weighted by Crippen LogP contribution is -2.48. The molecule has 0 aliphatic carbocycles. The summed E-state index contributed by atoms with van der Waals surface area (Å²) in [5, 5.41) is 11.2. The van der Waals surface area contributed by atoms with Gasteiger partial charge in [0.05, 0.1) is 21.5 Å². The van der Waals surface area contributed by atoms with E-state index in [0.717, 1.165) is 26.2 Å². The Balaban J connectivity index is 2.34. The number of likely N-dealkylation sites (N-methyl/N-ethyl adjacent to an activating group) is 1. The highest BCUT2D eigenvalue weighted by Gasteiger charge is 2.30. The van der Waals surface area contributed by atoms with E-state index in [2.05, 4.69) is 16.8 Å². The average Bonchev–Trinajstić information content (AvgIpc) is 2.41. The Kier molecular flexibility index (Phi) is 4.64. The highest BCUT2D eigenvalue weighted by Crippen LogP contribution is 2.30. The Labute approximate surface area is 123 Å². The van der Waals surface area contributed by atoms with Crippen molar-refractivity contribution in [3.05, 3.63) is 39.9 Å². The van der Waals surface area contributed by atoms with Gasteiger partial charge < -0.3 is 10.6 Å². The van der Waals surface area contributed by atoms with Crippen molar-refractivity contribution in [2.75, 3.05) is 33.2 Å². The number of nitrogens with two attached hydrogens (primary N) is 1. The fourth-order valence-electron chi connectivity index (χ4n) is 2.50. The summed E-state index contributed by atoms with van der Waals surface area (Å²) in [4.78, 5) is 15.4. The number of nitrogens with zero attached hydrogens (tertiary/aromatic N) is 3. The fraction of sp³-hybridized carbons (Fsp3) is 0.462. The third-order valence-corrected chi connectivity index (χ3v) is 3.82. The van der Waals surface area contributed by atoms with Crippen molar-refractivity contribution >= 4 is 22.9 Å². The maximum absolute atomic E-state index is 11.2. The van der Waals surface area contributed by atoms with E-state index in [1.807, 2.05) is 0 Å². The SMILES string of the molecule is CN1CCN(C(C(N)=S)c2ccccc2[N+](=O)[O-])CC1. The first-order chi connectivity index (χ1) is 9.50. The lowest BCUT2D eigenvalue weighted by atomic mass is 10.0. The topological polar surface area (TPSA) is 75.6 Å². The van der Waals surface area contributed by atoms with Gasteiger partial charge in [-0.25, -0.2) is 0 Å². The molecule has 1 aliphatic rings. The zero-order valence-corrected chi connectivity index (χ0v) is 12.2. The summed E-state index contributed by atoms with van der Waals surface area (Å²) in [6.45, 7) is 3.40. The number of rotatable bonds is 4. The first kappa shape index (κ1) is 14.8. The predicted molar refractivity (Wildman–Crippen MR) is 81.7 cm³/mol. The zero-order chi connectivity index (χ0) is 14.7. The molecule has 1 saturated heterocycles. The van der Waals surface area contributed by atoms with E-state index in [9.17, 15) is 10.1 Å². The molecule has 108 valence electrons. The second-order valence-electron chi connectivity index (χ2n) is 4.96. The molecule has 0 amide bonds. The number of hydrogen-bond donors (Lipinski definition) is 1. The number of nitro groups is 1. The normalized spacial score (nSPS) is 18.6. The van der Waals surface area contributed by atoms with Crippen LogP contribution in [0.25, 0.3) is 0 Å². The minimum absolute atomic E-state index is 0.0734. The van der Waals surface area contributed by atoms with Gasteiger partial charge in [0.25, 0.3) is 5.69 Å². The molecular formula is C13H18N4O2S. The van der Waals surface area contributed by atoms with E-state index < -0.39 is 0 Å². The maximum atomic E-state index is 11.2. The van der Waals surface area contributed by atoms with Crippen LogP contribution in [0.4, 0.5) is 5.69 Å². The van der Waals surface area contributed by atoms with E-state index in [4.69, 9.17) is 18.0 Å². The Hall–Kier alpha value is -1.57. The van der Waals surface area contributed by atoms with Gasteiger partial charge in [0.2, 0.25) is 0 Å². The van der Waals surface area contributed by atoms with Gasteiger partial charge in [-0.2, -0.15) is 0 Å². The Bertz CT molecular complexity index is 515. The third kappa shape index (κ3) is 3.12. The Morgan fingerprint density at radius 3 is 2.50 bits per heavy atom. The van der Waals surface area contributed by atoms with Crippen molar-refractivity contribution in [1.82, 2.24) is 9.80 Å². The number of para-hydroxylation sites is 1. The molecule has 0 spiro atoms. The molecule has 0 saturated carbocycles. The van der Waals surface area contributed by atoms with Gasteiger partial charge in [-0.1, -0.05) is 30.4 Å². The summed E-state index contributed by atoms with van der Waals surface area (Å²) in [6, 6.07) is 6.29. The second-order valence-corrected chi connectivity index (χ2v) is 5.43. The summed E-state index contributed by atoms with van der Waals surface area (Å²) >= 11 is 5.16. The van der Waals surface area contributed by atoms with Crippen LogP contribution in [0.2, 0.25) is 0 Å². The highest BCUT2D eigenvalue weighted by molar-refractivity contribution is 7.80. The summed E-state index contributed by atoms with van der Waals surface area (Å²) in [5.41, 5.74) is 6.51. The summed E-state index contributed by atoms with van der Waals surface area (Å²) in [5.74, 6) is 0. The van der Waals surface area contributed by atoms with Gasteiger partial charge in [0.15, 0.2) is 0 Å². The van der Waals surface area contributed by atoms with E-state index >= 15 is 0 Å². The average molecular weight is 294 g/mol. The molecule has 7 heteroatoms. The first-order valence-corrected chi connectivity index (χ1v) is 6.86. The Morgan fingerprint density at radius 1 is 1.35 bits per heavy atom. The van der Waals surface area contributed by atoms with E-state index in [0.29, 0.717) is 5.56 Å².